The molecule has 14 heavy (non-hydrogen) atoms. The van der Waals surface area contributed by atoms with Gasteiger partial charge in [-0.05, 0) is 12.1 Å². The van der Waals surface area contributed by atoms with Gasteiger partial charge in [0.15, 0.2) is 0 Å². The van der Waals surface area contributed by atoms with E-state index in [-0.39, 0.29) is 0 Å². The molecule has 1 aromatic carbocycles. The first kappa shape index (κ1) is 8.75. The van der Waals surface area contributed by atoms with Crippen molar-refractivity contribution < 1.29 is 0 Å². The Morgan fingerprint density at radius 1 is 0.929 bits per heavy atom. The summed E-state index contributed by atoms with van der Waals surface area (Å²) in [5.41, 5.74) is 2.14. The molecule has 2 heteroatoms. The zero-order valence-electron chi connectivity index (χ0n) is 8.07. The quantitative estimate of drug-likeness (QED) is 0.776. The molecule has 0 atom stereocenters. The normalized spacial score (nSPS) is 9.79. The summed E-state index contributed by atoms with van der Waals surface area (Å²) in [4.78, 5) is 4.45. The Labute approximate surface area is 83.6 Å². The molecule has 0 bridgehead atoms. The van der Waals surface area contributed by atoms with E-state index in [1.54, 1.807) is 0 Å². The lowest BCUT2D eigenvalue weighted by Crippen LogP contribution is -1.92. The topological polar surface area (TPSA) is 24.9 Å². The van der Waals surface area contributed by atoms with Gasteiger partial charge in [-0.15, -0.1) is 0 Å². The zero-order valence-corrected chi connectivity index (χ0v) is 8.07. The minimum Gasteiger partial charge on any atom is -0.373 e. The van der Waals surface area contributed by atoms with E-state index in [9.17, 15) is 0 Å². The van der Waals surface area contributed by atoms with Crippen molar-refractivity contribution in [1.29, 1.82) is 0 Å². The number of benzene rings is 1. The molecule has 0 amide bonds. The first-order chi connectivity index (χ1) is 6.90. The van der Waals surface area contributed by atoms with Crippen molar-refractivity contribution in [1.82, 2.24) is 4.98 Å². The lowest BCUT2D eigenvalue weighted by molar-refractivity contribution is 1.29. The summed E-state index contributed by atoms with van der Waals surface area (Å²) in [7, 11) is 1.87. The van der Waals surface area contributed by atoms with Gasteiger partial charge in [0.05, 0.1) is 5.69 Å². The van der Waals surface area contributed by atoms with Crippen LogP contribution in [-0.2, 0) is 0 Å². The molecule has 0 aliphatic rings. The average molecular weight is 184 g/mol. The van der Waals surface area contributed by atoms with E-state index in [1.807, 2.05) is 43.4 Å². The lowest BCUT2D eigenvalue weighted by atomic mass is 10.1. The maximum Gasteiger partial charge on any atom is 0.126 e. The molecule has 0 aliphatic carbocycles. The second-order valence-corrected chi connectivity index (χ2v) is 3.02. The van der Waals surface area contributed by atoms with Gasteiger partial charge in [0.25, 0.3) is 0 Å². The molecule has 0 spiro atoms. The summed E-state index contributed by atoms with van der Waals surface area (Å²) in [5.74, 6) is 0.895. The predicted octanol–water partition coefficient (Wildman–Crippen LogP) is 2.79. The summed E-state index contributed by atoms with van der Waals surface area (Å²) in [5, 5.41) is 3.03. The first-order valence-electron chi connectivity index (χ1n) is 4.60. The van der Waals surface area contributed by atoms with Gasteiger partial charge in [-0.25, -0.2) is 4.98 Å². The standard InChI is InChI=1S/C12H12N2/c1-13-12-9-5-8-11(14-12)10-6-3-2-4-7-10/h2-9H,1H3,(H,13,14). The van der Waals surface area contributed by atoms with Gasteiger partial charge in [-0.2, -0.15) is 0 Å². The highest BCUT2D eigenvalue weighted by atomic mass is 15.0. The molecule has 2 nitrogen and oxygen atoms in total. The van der Waals surface area contributed by atoms with Crippen molar-refractivity contribution in [2.45, 2.75) is 0 Å². The van der Waals surface area contributed by atoms with E-state index in [0.717, 1.165) is 17.1 Å². The van der Waals surface area contributed by atoms with Crippen LogP contribution >= 0.6 is 0 Å². The Kier molecular flexibility index (Phi) is 2.45. The van der Waals surface area contributed by atoms with Gasteiger partial charge >= 0.3 is 0 Å². The molecule has 0 radical (unpaired) electrons. The Bertz CT molecular complexity index is 410. The summed E-state index contributed by atoms with van der Waals surface area (Å²) >= 11 is 0. The minimum absolute atomic E-state index is 0.895. The maximum absolute atomic E-state index is 4.45. The largest absolute Gasteiger partial charge is 0.373 e. The number of rotatable bonds is 2. The van der Waals surface area contributed by atoms with Gasteiger partial charge < -0.3 is 5.32 Å². The summed E-state index contributed by atoms with van der Waals surface area (Å²) in [6.45, 7) is 0. The molecule has 1 aromatic heterocycles. The number of nitrogens with zero attached hydrogens (tertiary/aromatic N) is 1. The van der Waals surface area contributed by atoms with Crippen LogP contribution in [0.2, 0.25) is 0 Å². The Hall–Kier alpha value is -1.83. The third-order valence-corrected chi connectivity index (χ3v) is 2.07. The molecule has 2 rings (SSSR count). The van der Waals surface area contributed by atoms with Crippen LogP contribution in [0, 0.1) is 0 Å². The van der Waals surface area contributed by atoms with Crippen LogP contribution in [0.15, 0.2) is 48.5 Å². The average Bonchev–Trinajstić information content (AvgIpc) is 2.30. The number of nitrogens with one attached hydrogen (secondary N) is 1. The van der Waals surface area contributed by atoms with E-state index in [2.05, 4.69) is 22.4 Å². The van der Waals surface area contributed by atoms with E-state index in [4.69, 9.17) is 0 Å². The van der Waals surface area contributed by atoms with E-state index < -0.39 is 0 Å². The smallest absolute Gasteiger partial charge is 0.126 e. The second kappa shape index (κ2) is 3.92. The fraction of sp³-hybridized carbons (Fsp3) is 0.0833. The van der Waals surface area contributed by atoms with Gasteiger partial charge in [-0.1, -0.05) is 36.4 Å². The number of anilines is 1. The molecule has 1 heterocycles. The Morgan fingerprint density at radius 3 is 2.43 bits per heavy atom. The highest BCUT2D eigenvalue weighted by Crippen LogP contribution is 2.17. The third-order valence-electron chi connectivity index (χ3n) is 2.07. The Balaban J connectivity index is 2.42. The number of pyridine rings is 1. The van der Waals surface area contributed by atoms with Crippen molar-refractivity contribution in [2.24, 2.45) is 0 Å². The summed E-state index contributed by atoms with van der Waals surface area (Å²) in [6, 6.07) is 16.1. The van der Waals surface area contributed by atoms with Crippen LogP contribution in [0.5, 0.6) is 0 Å². The summed E-state index contributed by atoms with van der Waals surface area (Å²) < 4.78 is 0. The van der Waals surface area contributed by atoms with Gasteiger partial charge in [0, 0.05) is 12.6 Å². The molecule has 0 saturated heterocycles. The summed E-state index contributed by atoms with van der Waals surface area (Å²) in [6.07, 6.45) is 0. The van der Waals surface area contributed by atoms with Crippen molar-refractivity contribution in [2.75, 3.05) is 12.4 Å². The molecule has 1 N–H and O–H groups in total. The van der Waals surface area contributed by atoms with Gasteiger partial charge in [0.2, 0.25) is 0 Å². The van der Waals surface area contributed by atoms with Gasteiger partial charge in [0.1, 0.15) is 5.82 Å². The molecular formula is C12H12N2. The van der Waals surface area contributed by atoms with Crippen LogP contribution in [0.3, 0.4) is 0 Å². The van der Waals surface area contributed by atoms with Crippen molar-refractivity contribution in [3.05, 3.63) is 48.5 Å². The van der Waals surface area contributed by atoms with Crippen LogP contribution < -0.4 is 5.32 Å². The molecule has 2 aromatic rings. The monoisotopic (exact) mass is 184 g/mol. The van der Waals surface area contributed by atoms with Gasteiger partial charge in [-0.3, -0.25) is 0 Å². The molecular weight excluding hydrogens is 172 g/mol. The highest BCUT2D eigenvalue weighted by molar-refractivity contribution is 5.60. The molecule has 0 fully saturated rings. The zero-order chi connectivity index (χ0) is 9.80. The van der Waals surface area contributed by atoms with Crippen LogP contribution in [0.25, 0.3) is 11.3 Å². The minimum atomic E-state index is 0.895. The van der Waals surface area contributed by atoms with Crippen LogP contribution in [-0.4, -0.2) is 12.0 Å². The predicted molar refractivity (Wildman–Crippen MR) is 59.2 cm³/mol. The third kappa shape index (κ3) is 1.74. The van der Waals surface area contributed by atoms with Crippen LogP contribution in [0.4, 0.5) is 5.82 Å². The SMILES string of the molecule is CNc1cccc(-c2ccccc2)n1. The fourth-order valence-electron chi connectivity index (χ4n) is 1.34. The maximum atomic E-state index is 4.45. The highest BCUT2D eigenvalue weighted by Gasteiger charge is 1.97. The van der Waals surface area contributed by atoms with Crippen molar-refractivity contribution >= 4 is 5.82 Å². The first-order valence-corrected chi connectivity index (χ1v) is 4.60. The van der Waals surface area contributed by atoms with Crippen molar-refractivity contribution in [3.8, 4) is 11.3 Å². The second-order valence-electron chi connectivity index (χ2n) is 3.02. The molecule has 0 saturated carbocycles. The fourth-order valence-corrected chi connectivity index (χ4v) is 1.34. The molecule has 0 aliphatic heterocycles. The molecule has 70 valence electrons. The van der Waals surface area contributed by atoms with Crippen molar-refractivity contribution in [3.63, 3.8) is 0 Å². The molecule has 0 unspecified atom stereocenters. The lowest BCUT2D eigenvalue weighted by Gasteiger charge is -2.03. The Morgan fingerprint density at radius 2 is 1.71 bits per heavy atom. The van der Waals surface area contributed by atoms with E-state index in [0.29, 0.717) is 0 Å². The van der Waals surface area contributed by atoms with E-state index >= 15 is 0 Å². The van der Waals surface area contributed by atoms with Crippen LogP contribution in [0.1, 0.15) is 0 Å². The number of aromatic nitrogens is 1. The number of hydrogen-bond donors (Lipinski definition) is 1. The van der Waals surface area contributed by atoms with E-state index in [1.165, 1.54) is 0 Å². The number of hydrogen-bond acceptors (Lipinski definition) is 2.